The van der Waals surface area contributed by atoms with Crippen LogP contribution in [0.5, 0.6) is 5.75 Å². The summed E-state index contributed by atoms with van der Waals surface area (Å²) in [5, 5.41) is 7.71. The molecular weight excluding hydrogens is 556 g/mol. The van der Waals surface area contributed by atoms with E-state index in [1.54, 1.807) is 51.2 Å². The predicted molar refractivity (Wildman–Crippen MR) is 165 cm³/mol. The first-order valence-electron chi connectivity index (χ1n) is 14.1. The number of hydrogen-bond donors (Lipinski definition) is 5. The van der Waals surface area contributed by atoms with Crippen molar-refractivity contribution < 1.29 is 22.7 Å². The number of rotatable bonds is 12. The van der Waals surface area contributed by atoms with Gasteiger partial charge in [-0.05, 0) is 90.3 Å². The van der Waals surface area contributed by atoms with E-state index >= 15 is 0 Å². The highest BCUT2D eigenvalue weighted by Gasteiger charge is 2.51. The first-order chi connectivity index (χ1) is 19.7. The van der Waals surface area contributed by atoms with E-state index in [1.165, 1.54) is 0 Å². The Morgan fingerprint density at radius 1 is 1.10 bits per heavy atom. The molecule has 0 fully saturated rings. The number of fused-ring (bicyclic) bond motifs is 1. The van der Waals surface area contributed by atoms with Crippen LogP contribution in [0.25, 0.3) is 0 Å². The zero-order valence-corrected chi connectivity index (χ0v) is 26.3. The number of nitrogens with two attached hydrogens (primary N) is 1. The normalized spacial score (nSPS) is 17.5. The van der Waals surface area contributed by atoms with E-state index in [0.29, 0.717) is 29.8 Å². The summed E-state index contributed by atoms with van der Waals surface area (Å²) in [6.45, 7) is 11.8. The van der Waals surface area contributed by atoms with Gasteiger partial charge in [0.1, 0.15) is 22.6 Å². The van der Waals surface area contributed by atoms with E-state index in [-0.39, 0.29) is 36.8 Å². The molecule has 2 unspecified atom stereocenters. The largest absolute Gasteiger partial charge is 0.485 e. The Bertz CT molecular complexity index is 1430. The van der Waals surface area contributed by atoms with E-state index in [0.717, 1.165) is 16.7 Å². The summed E-state index contributed by atoms with van der Waals surface area (Å²) in [6.07, 6.45) is 0.642. The smallest absolute Gasteiger partial charge is 0.251 e. The van der Waals surface area contributed by atoms with Gasteiger partial charge in [-0.15, -0.1) is 0 Å². The molecule has 0 aromatic heterocycles. The van der Waals surface area contributed by atoms with Crippen molar-refractivity contribution in [1.82, 2.24) is 20.7 Å². The van der Waals surface area contributed by atoms with Crippen LogP contribution >= 0.6 is 0 Å². The predicted octanol–water partition coefficient (Wildman–Crippen LogP) is 2.36. The number of ether oxygens (including phenoxy) is 1. The molecule has 1 heterocycles. The van der Waals surface area contributed by atoms with Crippen molar-refractivity contribution in [3.8, 4) is 5.75 Å². The van der Waals surface area contributed by atoms with E-state index in [4.69, 9.17) is 10.5 Å². The number of aliphatic imine (C=N–C) groups is 1. The number of hydrogen-bond acceptors (Lipinski definition) is 7. The number of aryl methyl sites for hydroxylation is 2. The Balaban J connectivity index is 1.69. The molecule has 0 aliphatic carbocycles. The van der Waals surface area contributed by atoms with Gasteiger partial charge >= 0.3 is 0 Å². The Morgan fingerprint density at radius 2 is 1.76 bits per heavy atom. The maximum atomic E-state index is 13.6. The fourth-order valence-corrected chi connectivity index (χ4v) is 7.13. The summed E-state index contributed by atoms with van der Waals surface area (Å²) in [4.78, 5) is 29.9. The van der Waals surface area contributed by atoms with Crippen LogP contribution in [0.2, 0.25) is 0 Å². The van der Waals surface area contributed by atoms with Gasteiger partial charge in [-0.3, -0.25) is 19.3 Å². The number of sulfonamides is 1. The lowest BCUT2D eigenvalue weighted by atomic mass is 9.94. The molecule has 0 saturated heterocycles. The Labute approximate surface area is 249 Å². The zero-order chi connectivity index (χ0) is 31.2. The van der Waals surface area contributed by atoms with Gasteiger partial charge in [0.15, 0.2) is 0 Å². The number of guanidine groups is 1. The fraction of sp³-hybridized carbons (Fsp3) is 0.500. The fourth-order valence-electron chi connectivity index (χ4n) is 5.25. The summed E-state index contributed by atoms with van der Waals surface area (Å²) in [7, 11) is -2.23. The molecule has 1 aliphatic rings. The molecule has 3 rings (SSSR count). The van der Waals surface area contributed by atoms with Gasteiger partial charge in [-0.25, -0.2) is 8.42 Å². The topological polar surface area (TPSA) is 164 Å². The highest BCUT2D eigenvalue weighted by Crippen LogP contribution is 2.50. The van der Waals surface area contributed by atoms with Crippen molar-refractivity contribution in [3.63, 3.8) is 0 Å². The maximum Gasteiger partial charge on any atom is 0.251 e. The zero-order valence-electron chi connectivity index (χ0n) is 25.5. The highest BCUT2D eigenvalue weighted by atomic mass is 32.2. The lowest BCUT2D eigenvalue weighted by Crippen LogP contribution is -2.50. The van der Waals surface area contributed by atoms with E-state index in [9.17, 15) is 18.0 Å². The van der Waals surface area contributed by atoms with Gasteiger partial charge in [0, 0.05) is 30.3 Å². The summed E-state index contributed by atoms with van der Waals surface area (Å²) >= 11 is 0. The van der Waals surface area contributed by atoms with Gasteiger partial charge in [-0.2, -0.15) is 0 Å². The van der Waals surface area contributed by atoms with Crippen LogP contribution in [-0.4, -0.2) is 64.0 Å². The van der Waals surface area contributed by atoms with Gasteiger partial charge in [0.25, 0.3) is 5.91 Å². The number of nitrogens with zero attached hydrogens (tertiary/aromatic N) is 1. The van der Waals surface area contributed by atoms with Crippen molar-refractivity contribution in [2.75, 3.05) is 20.1 Å². The van der Waals surface area contributed by atoms with Gasteiger partial charge < -0.3 is 26.4 Å². The SMILES string of the molecule is CNCC(C)NC(=O)[C@@H](CCCN=C(N)NS(=O)(=O)C1c2c(C)cc(C)c(C)c2OC1(C)C)NC(=O)c1ccccc1. The molecule has 0 bridgehead atoms. The summed E-state index contributed by atoms with van der Waals surface area (Å²) < 4.78 is 35.7. The molecule has 2 aromatic rings. The van der Waals surface area contributed by atoms with Crippen LogP contribution in [-0.2, 0) is 14.8 Å². The Morgan fingerprint density at radius 3 is 2.40 bits per heavy atom. The van der Waals surface area contributed by atoms with Crippen molar-refractivity contribution in [2.24, 2.45) is 10.7 Å². The van der Waals surface area contributed by atoms with Gasteiger partial charge in [-0.1, -0.05) is 24.3 Å². The number of amides is 2. The van der Waals surface area contributed by atoms with Gasteiger partial charge in [0.2, 0.25) is 21.9 Å². The second-order valence-electron chi connectivity index (χ2n) is 11.4. The number of carbonyl (C=O) groups excluding carboxylic acids is 2. The molecule has 6 N–H and O–H groups in total. The molecule has 0 spiro atoms. The third kappa shape index (κ3) is 7.80. The average Bonchev–Trinajstić information content (AvgIpc) is 3.21. The number of carbonyl (C=O) groups is 2. The van der Waals surface area contributed by atoms with Crippen LogP contribution in [0.15, 0.2) is 41.4 Å². The highest BCUT2D eigenvalue weighted by molar-refractivity contribution is 7.90. The summed E-state index contributed by atoms with van der Waals surface area (Å²) in [5.41, 5.74) is 8.82. The Hall–Kier alpha value is -3.64. The molecule has 1 aliphatic heterocycles. The number of benzene rings is 2. The minimum absolute atomic E-state index is 0.143. The minimum Gasteiger partial charge on any atom is -0.485 e. The standard InChI is InChI=1S/C30H44N6O5S/c1-18-16-19(2)24-25(21(18)4)41-30(5,6)26(24)42(39,40)36-29(31)33-15-11-14-23(28(38)34-20(3)17-32-7)35-27(37)22-12-9-8-10-13-22/h8-10,12-13,16,20,23,26,32H,11,14-15,17H2,1-7H3,(H,34,38)(H,35,37)(H3,31,33,36)/t20?,23-,26?/m1/s1. The molecule has 0 saturated carbocycles. The molecule has 2 amide bonds. The van der Waals surface area contributed by atoms with E-state index < -0.39 is 26.9 Å². The van der Waals surface area contributed by atoms with Crippen molar-refractivity contribution >= 4 is 27.8 Å². The van der Waals surface area contributed by atoms with E-state index in [1.807, 2.05) is 33.8 Å². The first-order valence-corrected chi connectivity index (χ1v) is 15.6. The third-order valence-corrected chi connectivity index (χ3v) is 9.26. The van der Waals surface area contributed by atoms with Crippen molar-refractivity contribution in [1.29, 1.82) is 0 Å². The van der Waals surface area contributed by atoms with Crippen LogP contribution < -0.4 is 31.1 Å². The van der Waals surface area contributed by atoms with Crippen molar-refractivity contribution in [2.45, 2.75) is 77.3 Å². The quantitative estimate of drug-likeness (QED) is 0.142. The third-order valence-electron chi connectivity index (χ3n) is 7.34. The minimum atomic E-state index is -4.02. The first kappa shape index (κ1) is 32.9. The van der Waals surface area contributed by atoms with Crippen LogP contribution in [0, 0.1) is 20.8 Å². The Kier molecular flexibility index (Phi) is 10.6. The number of likely N-dealkylation sites (N-methyl/N-ethyl adjacent to an activating group) is 1. The monoisotopic (exact) mass is 600 g/mol. The van der Waals surface area contributed by atoms with Crippen molar-refractivity contribution in [3.05, 3.63) is 64.2 Å². The molecule has 12 heteroatoms. The molecular formula is C30H44N6O5S. The molecule has 230 valence electrons. The molecule has 42 heavy (non-hydrogen) atoms. The molecule has 0 radical (unpaired) electrons. The van der Waals surface area contributed by atoms with Crippen LogP contribution in [0.1, 0.15) is 71.5 Å². The second-order valence-corrected chi connectivity index (χ2v) is 13.1. The maximum absolute atomic E-state index is 13.6. The van der Waals surface area contributed by atoms with Gasteiger partial charge in [0.05, 0.1) is 0 Å². The van der Waals surface area contributed by atoms with Crippen LogP contribution in [0.4, 0.5) is 0 Å². The lowest BCUT2D eigenvalue weighted by Gasteiger charge is -2.26. The van der Waals surface area contributed by atoms with E-state index in [2.05, 4.69) is 25.7 Å². The molecule has 3 atom stereocenters. The summed E-state index contributed by atoms with van der Waals surface area (Å²) in [6, 6.07) is 9.64. The van der Waals surface area contributed by atoms with Crippen LogP contribution in [0.3, 0.4) is 0 Å². The molecule has 11 nitrogen and oxygen atoms in total. The average molecular weight is 601 g/mol. The second kappa shape index (κ2) is 13.6. The number of nitrogens with one attached hydrogen (secondary N) is 4. The molecule has 2 aromatic carbocycles. The summed E-state index contributed by atoms with van der Waals surface area (Å²) in [5.74, 6) is -0.343. The lowest BCUT2D eigenvalue weighted by molar-refractivity contribution is -0.123.